The van der Waals surface area contributed by atoms with E-state index in [1.807, 2.05) is 61.5 Å². The molecule has 0 bridgehead atoms. The Bertz CT molecular complexity index is 566. The van der Waals surface area contributed by atoms with Crippen LogP contribution in [0.4, 0.5) is 4.79 Å². The Morgan fingerprint density at radius 3 is 2.43 bits per heavy atom. The smallest absolute Gasteiger partial charge is 0.408 e. The Balaban J connectivity index is 1.89. The first-order valence-corrected chi connectivity index (χ1v) is 6.83. The molecule has 0 aliphatic rings. The van der Waals surface area contributed by atoms with Gasteiger partial charge in [0.1, 0.15) is 6.61 Å². The lowest BCUT2D eigenvalue weighted by Crippen LogP contribution is -2.31. The second-order valence-electron chi connectivity index (χ2n) is 4.85. The summed E-state index contributed by atoms with van der Waals surface area (Å²) in [5.74, 6) is 0. The molecule has 0 unspecified atom stereocenters. The summed E-state index contributed by atoms with van der Waals surface area (Å²) in [7, 11) is 0. The lowest BCUT2D eigenvalue weighted by Gasteiger charge is -2.17. The van der Waals surface area contributed by atoms with Gasteiger partial charge in [-0.15, -0.1) is 0 Å². The average Bonchev–Trinajstić information content (AvgIpc) is 2.52. The van der Waals surface area contributed by atoms with Crippen LogP contribution in [-0.4, -0.2) is 17.8 Å². The molecule has 4 heteroatoms. The van der Waals surface area contributed by atoms with Crippen LogP contribution in [0.15, 0.2) is 54.6 Å². The number of carbonyl (C=O) groups excluding carboxylic acids is 1. The van der Waals surface area contributed by atoms with E-state index in [1.165, 1.54) is 0 Å². The van der Waals surface area contributed by atoms with Crippen LogP contribution < -0.4 is 5.32 Å². The fourth-order valence-electron chi connectivity index (χ4n) is 1.94. The third kappa shape index (κ3) is 4.61. The Kier molecular flexibility index (Phi) is 5.35. The maximum Gasteiger partial charge on any atom is 0.408 e. The third-order valence-corrected chi connectivity index (χ3v) is 3.17. The van der Waals surface area contributed by atoms with E-state index < -0.39 is 12.1 Å². The minimum atomic E-state index is -0.543. The van der Waals surface area contributed by atoms with Crippen LogP contribution in [0, 0.1) is 6.92 Å². The zero-order valence-corrected chi connectivity index (χ0v) is 12.0. The molecular weight excluding hydrogens is 266 g/mol. The molecule has 2 rings (SSSR count). The van der Waals surface area contributed by atoms with Crippen molar-refractivity contribution in [2.45, 2.75) is 19.6 Å². The molecule has 1 amide bonds. The van der Waals surface area contributed by atoms with Crippen LogP contribution in [0.1, 0.15) is 22.7 Å². The molecule has 110 valence electrons. The normalized spacial score (nSPS) is 11.7. The van der Waals surface area contributed by atoms with Crippen molar-refractivity contribution in [3.05, 3.63) is 71.3 Å². The second kappa shape index (κ2) is 7.45. The molecule has 2 aromatic carbocycles. The SMILES string of the molecule is Cc1ccc([C@H](CO)NC(=O)OCc2ccccc2)cc1. The van der Waals surface area contributed by atoms with Crippen LogP contribution in [0.25, 0.3) is 0 Å². The number of nitrogens with one attached hydrogen (secondary N) is 1. The van der Waals surface area contributed by atoms with Crippen molar-refractivity contribution in [2.75, 3.05) is 6.61 Å². The summed E-state index contributed by atoms with van der Waals surface area (Å²) in [6, 6.07) is 16.6. The van der Waals surface area contributed by atoms with Gasteiger partial charge in [0.05, 0.1) is 12.6 Å². The molecule has 0 fully saturated rings. The number of aryl methyl sites for hydroxylation is 1. The zero-order chi connectivity index (χ0) is 15.1. The number of aliphatic hydroxyl groups is 1. The molecule has 0 aromatic heterocycles. The number of hydrogen-bond donors (Lipinski definition) is 2. The molecule has 0 heterocycles. The van der Waals surface area contributed by atoms with E-state index in [2.05, 4.69) is 5.32 Å². The summed E-state index contributed by atoms with van der Waals surface area (Å²) in [6.45, 7) is 2.02. The summed E-state index contributed by atoms with van der Waals surface area (Å²) in [6.07, 6.45) is -0.543. The van der Waals surface area contributed by atoms with Crippen molar-refractivity contribution in [1.82, 2.24) is 5.32 Å². The maximum atomic E-state index is 11.8. The van der Waals surface area contributed by atoms with Gasteiger partial charge in [0.15, 0.2) is 0 Å². The van der Waals surface area contributed by atoms with Gasteiger partial charge in [-0.3, -0.25) is 0 Å². The van der Waals surface area contributed by atoms with Gasteiger partial charge in [0.25, 0.3) is 0 Å². The number of ether oxygens (including phenoxy) is 1. The van der Waals surface area contributed by atoms with E-state index in [1.54, 1.807) is 0 Å². The van der Waals surface area contributed by atoms with Crippen molar-refractivity contribution in [3.63, 3.8) is 0 Å². The number of hydrogen-bond acceptors (Lipinski definition) is 3. The molecule has 0 spiro atoms. The van der Waals surface area contributed by atoms with Gasteiger partial charge in [0, 0.05) is 0 Å². The highest BCUT2D eigenvalue weighted by Gasteiger charge is 2.14. The van der Waals surface area contributed by atoms with Gasteiger partial charge < -0.3 is 15.2 Å². The first-order valence-electron chi connectivity index (χ1n) is 6.83. The van der Waals surface area contributed by atoms with Crippen LogP contribution in [0.2, 0.25) is 0 Å². The van der Waals surface area contributed by atoms with Gasteiger partial charge in [-0.05, 0) is 18.1 Å². The van der Waals surface area contributed by atoms with Crippen LogP contribution >= 0.6 is 0 Å². The van der Waals surface area contributed by atoms with Gasteiger partial charge in [-0.1, -0.05) is 60.2 Å². The van der Waals surface area contributed by atoms with Gasteiger partial charge >= 0.3 is 6.09 Å². The molecule has 0 aliphatic heterocycles. The maximum absolute atomic E-state index is 11.8. The van der Waals surface area contributed by atoms with E-state index in [4.69, 9.17) is 4.74 Å². The zero-order valence-electron chi connectivity index (χ0n) is 12.0. The predicted octanol–water partition coefficient (Wildman–Crippen LogP) is 2.95. The standard InChI is InChI=1S/C17H19NO3/c1-13-7-9-15(10-8-13)16(11-19)18-17(20)21-12-14-5-3-2-4-6-14/h2-10,16,19H,11-12H2,1H3,(H,18,20)/t16-/m0/s1. The monoisotopic (exact) mass is 285 g/mol. The fraction of sp³-hybridized carbons (Fsp3) is 0.235. The number of carbonyl (C=O) groups is 1. The second-order valence-corrected chi connectivity index (χ2v) is 4.85. The van der Waals surface area contributed by atoms with Crippen molar-refractivity contribution in [3.8, 4) is 0 Å². The van der Waals surface area contributed by atoms with Crippen LogP contribution in [-0.2, 0) is 11.3 Å². The van der Waals surface area contributed by atoms with Gasteiger partial charge in [0.2, 0.25) is 0 Å². The molecular formula is C17H19NO3. The number of benzene rings is 2. The topological polar surface area (TPSA) is 58.6 Å². The Labute approximate surface area is 124 Å². The minimum Gasteiger partial charge on any atom is -0.445 e. The van der Waals surface area contributed by atoms with Gasteiger partial charge in [-0.2, -0.15) is 0 Å². The average molecular weight is 285 g/mol. The van der Waals surface area contributed by atoms with E-state index in [9.17, 15) is 9.90 Å². The lowest BCUT2D eigenvalue weighted by molar-refractivity contribution is 0.129. The molecule has 2 N–H and O–H groups in total. The molecule has 4 nitrogen and oxygen atoms in total. The Morgan fingerprint density at radius 2 is 1.81 bits per heavy atom. The predicted molar refractivity (Wildman–Crippen MR) is 80.8 cm³/mol. The summed E-state index contributed by atoms with van der Waals surface area (Å²) < 4.78 is 5.14. The van der Waals surface area contributed by atoms with Crippen molar-refractivity contribution >= 4 is 6.09 Å². The first kappa shape index (κ1) is 15.1. The molecule has 0 aliphatic carbocycles. The van der Waals surface area contributed by atoms with E-state index in [0.717, 1.165) is 16.7 Å². The first-order chi connectivity index (χ1) is 10.2. The molecule has 21 heavy (non-hydrogen) atoms. The minimum absolute atomic E-state index is 0.177. The molecule has 2 aromatic rings. The van der Waals surface area contributed by atoms with Crippen molar-refractivity contribution in [2.24, 2.45) is 0 Å². The molecule has 0 saturated heterocycles. The highest BCUT2D eigenvalue weighted by atomic mass is 16.5. The largest absolute Gasteiger partial charge is 0.445 e. The Hall–Kier alpha value is -2.33. The lowest BCUT2D eigenvalue weighted by atomic mass is 10.1. The molecule has 0 radical (unpaired) electrons. The number of rotatable bonds is 5. The number of aliphatic hydroxyl groups excluding tert-OH is 1. The van der Waals surface area contributed by atoms with Crippen molar-refractivity contribution in [1.29, 1.82) is 0 Å². The van der Waals surface area contributed by atoms with Crippen molar-refractivity contribution < 1.29 is 14.6 Å². The highest BCUT2D eigenvalue weighted by molar-refractivity contribution is 5.68. The highest BCUT2D eigenvalue weighted by Crippen LogP contribution is 2.13. The quantitative estimate of drug-likeness (QED) is 0.888. The molecule has 1 atom stereocenters. The summed E-state index contributed by atoms with van der Waals surface area (Å²) >= 11 is 0. The van der Waals surface area contributed by atoms with E-state index >= 15 is 0 Å². The molecule has 0 saturated carbocycles. The Morgan fingerprint density at radius 1 is 1.14 bits per heavy atom. The van der Waals surface area contributed by atoms with Gasteiger partial charge in [-0.25, -0.2) is 4.79 Å². The summed E-state index contributed by atoms with van der Waals surface area (Å²) in [4.78, 5) is 11.8. The number of alkyl carbamates (subject to hydrolysis) is 1. The third-order valence-electron chi connectivity index (χ3n) is 3.17. The summed E-state index contributed by atoms with van der Waals surface area (Å²) in [5.41, 5.74) is 2.89. The fourth-order valence-corrected chi connectivity index (χ4v) is 1.94. The van der Waals surface area contributed by atoms with Crippen LogP contribution in [0.5, 0.6) is 0 Å². The summed E-state index contributed by atoms with van der Waals surface area (Å²) in [5, 5.41) is 12.1. The van der Waals surface area contributed by atoms with E-state index in [-0.39, 0.29) is 13.2 Å². The number of amides is 1. The van der Waals surface area contributed by atoms with E-state index in [0.29, 0.717) is 0 Å². The van der Waals surface area contributed by atoms with Crippen LogP contribution in [0.3, 0.4) is 0 Å².